The van der Waals surface area contributed by atoms with Crippen LogP contribution >= 0.6 is 0 Å². The third-order valence-electron chi connectivity index (χ3n) is 5.08. The number of fused-ring (bicyclic) bond motifs is 1. The topological polar surface area (TPSA) is 68.5 Å². The van der Waals surface area contributed by atoms with Gasteiger partial charge in [-0.2, -0.15) is 5.10 Å². The van der Waals surface area contributed by atoms with Gasteiger partial charge in [0.1, 0.15) is 5.56 Å². The maximum atomic E-state index is 12.6. The van der Waals surface area contributed by atoms with E-state index in [1.54, 1.807) is 23.0 Å². The predicted octanol–water partition coefficient (Wildman–Crippen LogP) is 4.08. The number of hydrogen-bond donors (Lipinski definition) is 1. The van der Waals surface area contributed by atoms with E-state index < -0.39 is 0 Å². The predicted molar refractivity (Wildman–Crippen MR) is 104 cm³/mol. The molecule has 140 valence electrons. The Hall–Kier alpha value is -2.73. The van der Waals surface area contributed by atoms with Crippen molar-refractivity contribution in [3.05, 3.63) is 60.0 Å². The Morgan fingerprint density at radius 1 is 1.33 bits per heavy atom. The molecule has 3 aromatic rings. The standard InChI is InChI=1S/C21H24N4O2/c1-15-5-2-8-18(11-15)27-14-16-6-3-7-17(12-16)24-21(26)19-13-23-25-10-4-9-22-20(19)25/h3-4,6-7,9-10,12-13,15,18H,2,5,8,11,14H2,1H3,(H,24,26)/t15-,18+/m1/s1. The van der Waals surface area contributed by atoms with Crippen molar-refractivity contribution in [3.8, 4) is 0 Å². The van der Waals surface area contributed by atoms with E-state index in [1.165, 1.54) is 19.0 Å². The third kappa shape index (κ3) is 4.17. The second-order valence-corrected chi connectivity index (χ2v) is 7.31. The van der Waals surface area contributed by atoms with Crippen LogP contribution in [0.15, 0.2) is 48.9 Å². The van der Waals surface area contributed by atoms with Gasteiger partial charge in [-0.3, -0.25) is 4.79 Å². The molecule has 1 aromatic carbocycles. The molecule has 1 aliphatic rings. The number of nitrogens with zero attached hydrogens (tertiary/aromatic N) is 3. The highest BCUT2D eigenvalue weighted by Crippen LogP contribution is 2.26. The first-order valence-electron chi connectivity index (χ1n) is 9.49. The van der Waals surface area contributed by atoms with Crippen LogP contribution in [0.4, 0.5) is 5.69 Å². The molecule has 1 fully saturated rings. The Balaban J connectivity index is 1.41. The Morgan fingerprint density at radius 2 is 2.26 bits per heavy atom. The lowest BCUT2D eigenvalue weighted by Crippen LogP contribution is -2.21. The van der Waals surface area contributed by atoms with Gasteiger partial charge in [0.05, 0.1) is 18.9 Å². The highest BCUT2D eigenvalue weighted by atomic mass is 16.5. The SMILES string of the molecule is C[C@@H]1CCC[C@H](OCc2cccc(NC(=O)c3cnn4cccnc34)c2)C1. The van der Waals surface area contributed by atoms with Gasteiger partial charge in [0.15, 0.2) is 5.65 Å². The fraction of sp³-hybridized carbons (Fsp3) is 0.381. The first kappa shape index (κ1) is 17.7. The van der Waals surface area contributed by atoms with Crippen molar-refractivity contribution in [2.24, 2.45) is 5.92 Å². The van der Waals surface area contributed by atoms with Crippen LogP contribution in [-0.2, 0) is 11.3 Å². The van der Waals surface area contributed by atoms with Gasteiger partial charge in [-0.05, 0) is 42.5 Å². The van der Waals surface area contributed by atoms with Gasteiger partial charge >= 0.3 is 0 Å². The van der Waals surface area contributed by atoms with Gasteiger partial charge < -0.3 is 10.1 Å². The zero-order valence-corrected chi connectivity index (χ0v) is 15.5. The molecule has 27 heavy (non-hydrogen) atoms. The maximum absolute atomic E-state index is 12.6. The molecular weight excluding hydrogens is 340 g/mol. The summed E-state index contributed by atoms with van der Waals surface area (Å²) in [6.45, 7) is 2.86. The molecule has 0 unspecified atom stereocenters. The lowest BCUT2D eigenvalue weighted by atomic mass is 9.89. The van der Waals surface area contributed by atoms with Gasteiger partial charge in [-0.1, -0.05) is 31.9 Å². The highest BCUT2D eigenvalue weighted by molar-refractivity contribution is 6.08. The number of hydrogen-bond acceptors (Lipinski definition) is 4. The Kier molecular flexibility index (Phi) is 5.16. The average molecular weight is 364 g/mol. The van der Waals surface area contributed by atoms with E-state index in [0.717, 1.165) is 30.0 Å². The van der Waals surface area contributed by atoms with Crippen LogP contribution in [0.2, 0.25) is 0 Å². The molecule has 6 heteroatoms. The maximum Gasteiger partial charge on any atom is 0.261 e. The molecule has 0 aliphatic heterocycles. The van der Waals surface area contributed by atoms with Crippen LogP contribution in [0.3, 0.4) is 0 Å². The second kappa shape index (κ2) is 7.88. The minimum atomic E-state index is -0.220. The fourth-order valence-corrected chi connectivity index (χ4v) is 3.67. The first-order valence-corrected chi connectivity index (χ1v) is 9.49. The molecule has 0 spiro atoms. The van der Waals surface area contributed by atoms with Crippen molar-refractivity contribution in [1.82, 2.24) is 14.6 Å². The van der Waals surface area contributed by atoms with E-state index in [-0.39, 0.29) is 5.91 Å². The monoisotopic (exact) mass is 364 g/mol. The summed E-state index contributed by atoms with van der Waals surface area (Å²) in [6.07, 6.45) is 10.1. The molecule has 2 aromatic heterocycles. The van der Waals surface area contributed by atoms with Gasteiger partial charge in [-0.15, -0.1) is 0 Å². The summed E-state index contributed by atoms with van der Waals surface area (Å²) in [5, 5.41) is 7.09. The largest absolute Gasteiger partial charge is 0.374 e. The molecule has 0 radical (unpaired) electrons. The van der Waals surface area contributed by atoms with E-state index in [4.69, 9.17) is 4.74 Å². The zero-order valence-electron chi connectivity index (χ0n) is 15.5. The van der Waals surface area contributed by atoms with Crippen LogP contribution in [-0.4, -0.2) is 26.6 Å². The number of carbonyl (C=O) groups excluding carboxylic acids is 1. The summed E-state index contributed by atoms with van der Waals surface area (Å²) < 4.78 is 7.68. The molecule has 6 nitrogen and oxygen atoms in total. The smallest absolute Gasteiger partial charge is 0.261 e. The summed E-state index contributed by atoms with van der Waals surface area (Å²) >= 11 is 0. The van der Waals surface area contributed by atoms with E-state index in [1.807, 2.05) is 24.3 Å². The number of aromatic nitrogens is 3. The summed E-state index contributed by atoms with van der Waals surface area (Å²) in [7, 11) is 0. The van der Waals surface area contributed by atoms with Gasteiger partial charge in [0.25, 0.3) is 5.91 Å². The van der Waals surface area contributed by atoms with Crippen LogP contribution in [0.5, 0.6) is 0 Å². The molecule has 2 atom stereocenters. The molecule has 1 aliphatic carbocycles. The zero-order chi connectivity index (χ0) is 18.6. The Labute approximate surface area is 158 Å². The minimum Gasteiger partial charge on any atom is -0.374 e. The molecule has 1 amide bonds. The molecule has 1 N–H and O–H groups in total. The van der Waals surface area contributed by atoms with Crippen LogP contribution in [0.25, 0.3) is 5.65 Å². The number of carbonyl (C=O) groups is 1. The van der Waals surface area contributed by atoms with Crippen molar-refractivity contribution >= 4 is 17.2 Å². The molecule has 0 saturated heterocycles. The van der Waals surface area contributed by atoms with Gasteiger partial charge in [0, 0.05) is 18.1 Å². The van der Waals surface area contributed by atoms with E-state index in [2.05, 4.69) is 22.3 Å². The summed E-state index contributed by atoms with van der Waals surface area (Å²) in [4.78, 5) is 16.8. The lowest BCUT2D eigenvalue weighted by Gasteiger charge is -2.26. The van der Waals surface area contributed by atoms with E-state index >= 15 is 0 Å². The normalized spacial score (nSPS) is 19.9. The number of ether oxygens (including phenoxy) is 1. The van der Waals surface area contributed by atoms with Crippen LogP contribution in [0.1, 0.15) is 48.5 Å². The van der Waals surface area contributed by atoms with Gasteiger partial charge in [-0.25, -0.2) is 9.50 Å². The van der Waals surface area contributed by atoms with Crippen molar-refractivity contribution < 1.29 is 9.53 Å². The quantitative estimate of drug-likeness (QED) is 0.741. The molecular formula is C21H24N4O2. The Bertz CT molecular complexity index is 937. The van der Waals surface area contributed by atoms with E-state index in [9.17, 15) is 4.79 Å². The van der Waals surface area contributed by atoms with E-state index in [0.29, 0.717) is 23.9 Å². The Morgan fingerprint density at radius 3 is 3.15 bits per heavy atom. The fourth-order valence-electron chi connectivity index (χ4n) is 3.67. The summed E-state index contributed by atoms with van der Waals surface area (Å²) in [6, 6.07) is 9.58. The number of rotatable bonds is 5. The van der Waals surface area contributed by atoms with Crippen LogP contribution in [0, 0.1) is 5.92 Å². The van der Waals surface area contributed by atoms with Crippen molar-refractivity contribution in [1.29, 1.82) is 0 Å². The minimum absolute atomic E-state index is 0.220. The number of benzene rings is 1. The molecule has 2 heterocycles. The highest BCUT2D eigenvalue weighted by Gasteiger charge is 2.19. The lowest BCUT2D eigenvalue weighted by molar-refractivity contribution is 0.00468. The molecule has 0 bridgehead atoms. The molecule has 4 rings (SSSR count). The summed E-state index contributed by atoms with van der Waals surface area (Å²) in [5.74, 6) is 0.525. The van der Waals surface area contributed by atoms with Gasteiger partial charge in [0.2, 0.25) is 0 Å². The molecule has 1 saturated carbocycles. The van der Waals surface area contributed by atoms with Crippen molar-refractivity contribution in [3.63, 3.8) is 0 Å². The first-order chi connectivity index (χ1) is 13.2. The average Bonchev–Trinajstić information content (AvgIpc) is 3.11. The number of nitrogens with one attached hydrogen (secondary N) is 1. The third-order valence-corrected chi connectivity index (χ3v) is 5.08. The van der Waals surface area contributed by atoms with Crippen molar-refractivity contribution in [2.45, 2.75) is 45.3 Å². The summed E-state index contributed by atoms with van der Waals surface area (Å²) in [5.41, 5.74) is 2.80. The second-order valence-electron chi connectivity index (χ2n) is 7.31. The van der Waals surface area contributed by atoms with Crippen LogP contribution < -0.4 is 5.32 Å². The van der Waals surface area contributed by atoms with Crippen molar-refractivity contribution in [2.75, 3.05) is 5.32 Å². The number of anilines is 1. The number of amides is 1.